The standard InChI is InChI=1S/C27H28N2O3/c1-4-32-25-13-12-19(15-26(25)31-3)22(23-17-28-24-11-6-5-10-21(23)24)16-29-27(30)20-9-7-8-18(2)14-20/h5-15,17,22,28H,4,16H2,1-3H3,(H,29,30). The van der Waals surface area contributed by atoms with Crippen LogP contribution in [0.25, 0.3) is 10.9 Å². The Bertz CT molecular complexity index is 1230. The van der Waals surface area contributed by atoms with Gasteiger partial charge in [-0.2, -0.15) is 0 Å². The number of hydrogen-bond acceptors (Lipinski definition) is 3. The molecule has 1 unspecified atom stereocenters. The maximum absolute atomic E-state index is 12.9. The highest BCUT2D eigenvalue weighted by Gasteiger charge is 2.21. The molecule has 0 fully saturated rings. The third-order valence-corrected chi connectivity index (χ3v) is 5.63. The predicted octanol–water partition coefficient (Wildman–Crippen LogP) is 5.45. The van der Waals surface area contributed by atoms with E-state index in [1.165, 1.54) is 0 Å². The van der Waals surface area contributed by atoms with E-state index >= 15 is 0 Å². The van der Waals surface area contributed by atoms with Crippen molar-refractivity contribution >= 4 is 16.8 Å². The van der Waals surface area contributed by atoms with E-state index in [4.69, 9.17) is 9.47 Å². The summed E-state index contributed by atoms with van der Waals surface area (Å²) in [7, 11) is 1.64. The van der Waals surface area contributed by atoms with E-state index in [9.17, 15) is 4.79 Å². The molecule has 4 rings (SSSR count). The zero-order chi connectivity index (χ0) is 22.5. The number of H-pyrrole nitrogens is 1. The molecule has 0 radical (unpaired) electrons. The van der Waals surface area contributed by atoms with Crippen molar-refractivity contribution in [2.75, 3.05) is 20.3 Å². The molecule has 3 aromatic carbocycles. The molecule has 2 N–H and O–H groups in total. The van der Waals surface area contributed by atoms with Gasteiger partial charge in [0.05, 0.1) is 13.7 Å². The van der Waals surface area contributed by atoms with Gasteiger partial charge in [0.1, 0.15) is 0 Å². The van der Waals surface area contributed by atoms with Crippen LogP contribution in [0, 0.1) is 6.92 Å². The lowest BCUT2D eigenvalue weighted by Gasteiger charge is -2.20. The first kappa shape index (κ1) is 21.5. The van der Waals surface area contributed by atoms with Gasteiger partial charge in [0.25, 0.3) is 5.91 Å². The van der Waals surface area contributed by atoms with Crippen molar-refractivity contribution in [1.29, 1.82) is 0 Å². The fourth-order valence-corrected chi connectivity index (χ4v) is 4.05. The van der Waals surface area contributed by atoms with Gasteiger partial charge in [-0.1, -0.05) is 42.0 Å². The first-order valence-corrected chi connectivity index (χ1v) is 10.8. The van der Waals surface area contributed by atoms with Crippen LogP contribution < -0.4 is 14.8 Å². The minimum Gasteiger partial charge on any atom is -0.493 e. The molecular weight excluding hydrogens is 400 g/mol. The monoisotopic (exact) mass is 428 g/mol. The Morgan fingerprint density at radius 3 is 2.66 bits per heavy atom. The highest BCUT2D eigenvalue weighted by molar-refractivity contribution is 5.94. The largest absolute Gasteiger partial charge is 0.493 e. The van der Waals surface area contributed by atoms with Crippen LogP contribution in [0.15, 0.2) is 72.9 Å². The number of ether oxygens (including phenoxy) is 2. The zero-order valence-corrected chi connectivity index (χ0v) is 18.6. The Labute approximate surface area is 188 Å². The first-order chi connectivity index (χ1) is 15.6. The molecule has 164 valence electrons. The number of carbonyl (C=O) groups excluding carboxylic acids is 1. The third-order valence-electron chi connectivity index (χ3n) is 5.63. The van der Waals surface area contributed by atoms with Crippen molar-refractivity contribution in [3.8, 4) is 11.5 Å². The Morgan fingerprint density at radius 2 is 1.88 bits per heavy atom. The summed E-state index contributed by atoms with van der Waals surface area (Å²) in [4.78, 5) is 16.2. The average Bonchev–Trinajstić information content (AvgIpc) is 3.24. The number of nitrogens with one attached hydrogen (secondary N) is 2. The van der Waals surface area contributed by atoms with E-state index in [0.717, 1.165) is 27.6 Å². The number of aromatic amines is 1. The van der Waals surface area contributed by atoms with Gasteiger partial charge >= 0.3 is 0 Å². The van der Waals surface area contributed by atoms with E-state index in [2.05, 4.69) is 22.4 Å². The van der Waals surface area contributed by atoms with Crippen LogP contribution in [0.3, 0.4) is 0 Å². The number of aromatic nitrogens is 1. The second-order valence-electron chi connectivity index (χ2n) is 7.77. The van der Waals surface area contributed by atoms with Crippen LogP contribution in [0.5, 0.6) is 11.5 Å². The maximum Gasteiger partial charge on any atom is 0.251 e. The Morgan fingerprint density at radius 1 is 1.03 bits per heavy atom. The number of aryl methyl sites for hydroxylation is 1. The van der Waals surface area contributed by atoms with Crippen molar-refractivity contribution < 1.29 is 14.3 Å². The number of benzene rings is 3. The normalized spacial score (nSPS) is 11.8. The van der Waals surface area contributed by atoms with Crippen LogP contribution in [0.1, 0.15) is 39.9 Å². The third kappa shape index (κ3) is 4.47. The van der Waals surface area contributed by atoms with Gasteiger partial charge in [-0.25, -0.2) is 0 Å². The zero-order valence-electron chi connectivity index (χ0n) is 18.6. The van der Waals surface area contributed by atoms with Gasteiger partial charge in [0.15, 0.2) is 11.5 Å². The van der Waals surface area contributed by atoms with E-state index < -0.39 is 0 Å². The molecule has 5 heteroatoms. The lowest BCUT2D eigenvalue weighted by Crippen LogP contribution is -2.29. The van der Waals surface area contributed by atoms with Gasteiger partial charge in [0, 0.05) is 35.1 Å². The summed E-state index contributed by atoms with van der Waals surface area (Å²) in [6.07, 6.45) is 2.02. The van der Waals surface area contributed by atoms with E-state index in [0.29, 0.717) is 30.2 Å². The highest BCUT2D eigenvalue weighted by Crippen LogP contribution is 2.35. The van der Waals surface area contributed by atoms with Crippen LogP contribution in [0.4, 0.5) is 0 Å². The van der Waals surface area contributed by atoms with E-state index in [1.54, 1.807) is 7.11 Å². The number of para-hydroxylation sites is 1. The van der Waals surface area contributed by atoms with Crippen molar-refractivity contribution in [2.24, 2.45) is 0 Å². The highest BCUT2D eigenvalue weighted by atomic mass is 16.5. The van der Waals surface area contributed by atoms with Crippen molar-refractivity contribution in [2.45, 2.75) is 19.8 Å². The summed E-state index contributed by atoms with van der Waals surface area (Å²) in [5.41, 5.74) is 4.94. The maximum atomic E-state index is 12.9. The van der Waals surface area contributed by atoms with Crippen molar-refractivity contribution in [3.05, 3.63) is 95.2 Å². The fourth-order valence-electron chi connectivity index (χ4n) is 4.05. The van der Waals surface area contributed by atoms with Gasteiger partial charge < -0.3 is 19.8 Å². The smallest absolute Gasteiger partial charge is 0.251 e. The van der Waals surface area contributed by atoms with Gasteiger partial charge in [-0.05, 0) is 55.3 Å². The Balaban J connectivity index is 1.70. The molecule has 1 atom stereocenters. The Hall–Kier alpha value is -3.73. The second kappa shape index (κ2) is 9.60. The second-order valence-corrected chi connectivity index (χ2v) is 7.77. The summed E-state index contributed by atoms with van der Waals surface area (Å²) < 4.78 is 11.3. The van der Waals surface area contributed by atoms with E-state index in [1.807, 2.05) is 74.6 Å². The Kier molecular flexibility index (Phi) is 6.45. The summed E-state index contributed by atoms with van der Waals surface area (Å²) in [6, 6.07) is 21.8. The number of amides is 1. The van der Waals surface area contributed by atoms with Crippen molar-refractivity contribution in [1.82, 2.24) is 10.3 Å². The molecule has 0 aliphatic carbocycles. The number of hydrogen-bond donors (Lipinski definition) is 2. The van der Waals surface area contributed by atoms with Crippen molar-refractivity contribution in [3.63, 3.8) is 0 Å². The minimum absolute atomic E-state index is 0.0653. The van der Waals surface area contributed by atoms with E-state index in [-0.39, 0.29) is 11.8 Å². The van der Waals surface area contributed by atoms with Crippen LogP contribution in [-0.2, 0) is 0 Å². The number of rotatable bonds is 8. The molecule has 1 amide bonds. The minimum atomic E-state index is -0.0866. The van der Waals surface area contributed by atoms with Gasteiger partial charge in [0.2, 0.25) is 0 Å². The number of fused-ring (bicyclic) bond motifs is 1. The summed E-state index contributed by atoms with van der Waals surface area (Å²) in [5, 5.41) is 4.26. The fraction of sp³-hybridized carbons (Fsp3) is 0.222. The summed E-state index contributed by atoms with van der Waals surface area (Å²) in [5.74, 6) is 1.24. The van der Waals surface area contributed by atoms with Crippen LogP contribution in [0.2, 0.25) is 0 Å². The topological polar surface area (TPSA) is 63.3 Å². The SMILES string of the molecule is CCOc1ccc(C(CNC(=O)c2cccc(C)c2)c2c[nH]c3ccccc23)cc1OC. The lowest BCUT2D eigenvalue weighted by molar-refractivity contribution is 0.0952. The summed E-state index contributed by atoms with van der Waals surface area (Å²) in [6.45, 7) is 4.94. The lowest BCUT2D eigenvalue weighted by atomic mass is 9.90. The molecule has 0 aliphatic heterocycles. The molecule has 0 aliphatic rings. The average molecular weight is 429 g/mol. The quantitative estimate of drug-likeness (QED) is 0.392. The molecule has 4 aromatic rings. The molecule has 0 saturated carbocycles. The first-order valence-electron chi connectivity index (χ1n) is 10.8. The molecule has 5 nitrogen and oxygen atoms in total. The number of carbonyl (C=O) groups is 1. The van der Waals surface area contributed by atoms with Crippen LogP contribution in [-0.4, -0.2) is 31.2 Å². The van der Waals surface area contributed by atoms with Gasteiger partial charge in [-0.3, -0.25) is 4.79 Å². The number of methoxy groups -OCH3 is 1. The van der Waals surface area contributed by atoms with Crippen LogP contribution >= 0.6 is 0 Å². The molecule has 1 aromatic heterocycles. The molecular formula is C27H28N2O3. The molecule has 32 heavy (non-hydrogen) atoms. The molecule has 1 heterocycles. The molecule has 0 bridgehead atoms. The van der Waals surface area contributed by atoms with Gasteiger partial charge in [-0.15, -0.1) is 0 Å². The molecule has 0 saturated heterocycles. The predicted molar refractivity (Wildman–Crippen MR) is 128 cm³/mol. The molecule has 0 spiro atoms. The summed E-state index contributed by atoms with van der Waals surface area (Å²) >= 11 is 0.